The van der Waals surface area contributed by atoms with E-state index in [1.54, 1.807) is 18.2 Å². The van der Waals surface area contributed by atoms with Crippen molar-refractivity contribution < 1.29 is 14.2 Å². The molecule has 1 aliphatic carbocycles. The SMILES string of the molecule is Oc1cc2ncnc(Nc3ccc(F)c(Cl)c3)c2cc1OCC1CCCC1. The molecule has 0 bridgehead atoms. The Hall–Kier alpha value is -2.60. The zero-order chi connectivity index (χ0) is 18.8. The maximum atomic E-state index is 13.4. The molecule has 0 atom stereocenters. The van der Waals surface area contributed by atoms with Crippen LogP contribution in [0.25, 0.3) is 10.9 Å². The predicted octanol–water partition coefficient (Wildman–Crippen LogP) is 5.44. The number of anilines is 2. The zero-order valence-electron chi connectivity index (χ0n) is 14.6. The zero-order valence-corrected chi connectivity index (χ0v) is 15.3. The average Bonchev–Trinajstić information content (AvgIpc) is 3.17. The highest BCUT2D eigenvalue weighted by Gasteiger charge is 2.17. The minimum Gasteiger partial charge on any atom is -0.504 e. The number of phenolic OH excluding ortho intramolecular Hbond substituents is 1. The van der Waals surface area contributed by atoms with Crippen molar-refractivity contribution in [2.45, 2.75) is 25.7 Å². The number of fused-ring (bicyclic) bond motifs is 1. The smallest absolute Gasteiger partial charge is 0.161 e. The fourth-order valence-electron chi connectivity index (χ4n) is 3.38. The molecule has 1 saturated carbocycles. The quantitative estimate of drug-likeness (QED) is 0.610. The van der Waals surface area contributed by atoms with E-state index in [9.17, 15) is 9.50 Å². The molecule has 27 heavy (non-hydrogen) atoms. The standard InChI is InChI=1S/C20H19ClFN3O2/c21-15-7-13(5-6-16(15)22)25-20-14-8-19(27-10-12-3-1-2-4-12)18(26)9-17(14)23-11-24-20/h5-9,11-12,26H,1-4,10H2,(H,23,24,25). The molecule has 4 rings (SSSR count). The number of phenols is 1. The van der Waals surface area contributed by atoms with E-state index in [1.165, 1.54) is 31.3 Å². The number of hydrogen-bond donors (Lipinski definition) is 2. The first-order valence-corrected chi connectivity index (χ1v) is 9.30. The third-order valence-corrected chi connectivity index (χ3v) is 5.14. The van der Waals surface area contributed by atoms with Crippen molar-refractivity contribution >= 4 is 34.0 Å². The second-order valence-electron chi connectivity index (χ2n) is 6.77. The van der Waals surface area contributed by atoms with Gasteiger partial charge in [0, 0.05) is 17.1 Å². The van der Waals surface area contributed by atoms with Crippen LogP contribution in [-0.2, 0) is 0 Å². The van der Waals surface area contributed by atoms with Gasteiger partial charge in [-0.15, -0.1) is 0 Å². The largest absolute Gasteiger partial charge is 0.504 e. The molecule has 140 valence electrons. The van der Waals surface area contributed by atoms with Gasteiger partial charge < -0.3 is 15.2 Å². The third-order valence-electron chi connectivity index (χ3n) is 4.85. The minimum atomic E-state index is -0.484. The topological polar surface area (TPSA) is 67.3 Å². The first kappa shape index (κ1) is 17.8. The van der Waals surface area contributed by atoms with Crippen molar-refractivity contribution in [3.63, 3.8) is 0 Å². The lowest BCUT2D eigenvalue weighted by Gasteiger charge is -2.14. The van der Waals surface area contributed by atoms with Crippen LogP contribution in [-0.4, -0.2) is 21.7 Å². The molecule has 0 spiro atoms. The molecule has 0 unspecified atom stereocenters. The normalized spacial score (nSPS) is 14.6. The Kier molecular flexibility index (Phi) is 4.99. The van der Waals surface area contributed by atoms with Crippen molar-refractivity contribution in [2.75, 3.05) is 11.9 Å². The summed E-state index contributed by atoms with van der Waals surface area (Å²) in [4.78, 5) is 8.47. The molecule has 1 fully saturated rings. The van der Waals surface area contributed by atoms with Gasteiger partial charge in [0.15, 0.2) is 11.5 Å². The van der Waals surface area contributed by atoms with Gasteiger partial charge in [-0.3, -0.25) is 0 Å². The van der Waals surface area contributed by atoms with Gasteiger partial charge in [-0.2, -0.15) is 0 Å². The minimum absolute atomic E-state index is 0.0246. The number of hydrogen-bond acceptors (Lipinski definition) is 5. The number of aromatic nitrogens is 2. The van der Waals surface area contributed by atoms with Crippen LogP contribution in [0.4, 0.5) is 15.9 Å². The lowest BCUT2D eigenvalue weighted by atomic mass is 10.1. The maximum Gasteiger partial charge on any atom is 0.161 e. The van der Waals surface area contributed by atoms with Crippen molar-refractivity contribution in [3.05, 3.63) is 47.5 Å². The Bertz CT molecular complexity index is 977. The van der Waals surface area contributed by atoms with Crippen LogP contribution in [0.5, 0.6) is 11.5 Å². The van der Waals surface area contributed by atoms with Crippen LogP contribution in [0.15, 0.2) is 36.7 Å². The van der Waals surface area contributed by atoms with Crippen LogP contribution in [0.2, 0.25) is 5.02 Å². The Balaban J connectivity index is 1.63. The molecule has 0 amide bonds. The molecule has 3 aromatic rings. The van der Waals surface area contributed by atoms with E-state index >= 15 is 0 Å². The summed E-state index contributed by atoms with van der Waals surface area (Å²) in [6.45, 7) is 0.586. The van der Waals surface area contributed by atoms with Crippen LogP contribution in [0.3, 0.4) is 0 Å². The highest BCUT2D eigenvalue weighted by atomic mass is 35.5. The van der Waals surface area contributed by atoms with Crippen molar-refractivity contribution in [1.29, 1.82) is 0 Å². The summed E-state index contributed by atoms with van der Waals surface area (Å²) in [5.41, 5.74) is 1.18. The molecular weight excluding hydrogens is 369 g/mol. The number of rotatable bonds is 5. The van der Waals surface area contributed by atoms with Gasteiger partial charge in [-0.1, -0.05) is 24.4 Å². The molecule has 2 aromatic carbocycles. The predicted molar refractivity (Wildman–Crippen MR) is 103 cm³/mol. The van der Waals surface area contributed by atoms with E-state index in [0.717, 1.165) is 12.8 Å². The van der Waals surface area contributed by atoms with E-state index in [1.807, 2.05) is 0 Å². The van der Waals surface area contributed by atoms with Crippen molar-refractivity contribution in [1.82, 2.24) is 9.97 Å². The molecule has 1 aliphatic rings. The summed E-state index contributed by atoms with van der Waals surface area (Å²) in [7, 11) is 0. The first-order chi connectivity index (χ1) is 13.1. The van der Waals surface area contributed by atoms with Gasteiger partial charge in [0.25, 0.3) is 0 Å². The van der Waals surface area contributed by atoms with Gasteiger partial charge in [0.2, 0.25) is 0 Å². The molecule has 2 N–H and O–H groups in total. The van der Waals surface area contributed by atoms with Crippen molar-refractivity contribution in [3.8, 4) is 11.5 Å². The van der Waals surface area contributed by atoms with E-state index in [2.05, 4.69) is 15.3 Å². The fourth-order valence-corrected chi connectivity index (χ4v) is 3.56. The van der Waals surface area contributed by atoms with E-state index < -0.39 is 5.82 Å². The van der Waals surface area contributed by atoms with E-state index in [-0.39, 0.29) is 10.8 Å². The Morgan fingerprint density at radius 3 is 2.78 bits per heavy atom. The van der Waals surface area contributed by atoms with Crippen LogP contribution in [0, 0.1) is 11.7 Å². The Morgan fingerprint density at radius 2 is 2.00 bits per heavy atom. The fraction of sp³-hybridized carbons (Fsp3) is 0.300. The number of nitrogens with one attached hydrogen (secondary N) is 1. The average molecular weight is 388 g/mol. The van der Waals surface area contributed by atoms with Gasteiger partial charge in [-0.25, -0.2) is 14.4 Å². The lowest BCUT2D eigenvalue weighted by Crippen LogP contribution is -2.08. The Labute approximate surface area is 161 Å². The second-order valence-corrected chi connectivity index (χ2v) is 7.18. The van der Waals surface area contributed by atoms with Crippen LogP contribution >= 0.6 is 11.6 Å². The van der Waals surface area contributed by atoms with E-state index in [4.69, 9.17) is 16.3 Å². The number of halogens is 2. The second kappa shape index (κ2) is 7.56. The number of benzene rings is 2. The highest BCUT2D eigenvalue weighted by molar-refractivity contribution is 6.31. The number of nitrogens with zero attached hydrogens (tertiary/aromatic N) is 2. The summed E-state index contributed by atoms with van der Waals surface area (Å²) in [6.07, 6.45) is 6.19. The summed E-state index contributed by atoms with van der Waals surface area (Å²) in [5, 5.41) is 14.1. The van der Waals surface area contributed by atoms with Gasteiger partial charge in [0.05, 0.1) is 17.1 Å². The summed E-state index contributed by atoms with van der Waals surface area (Å²) in [5.74, 6) is 1.03. The Morgan fingerprint density at radius 1 is 1.19 bits per heavy atom. The van der Waals surface area contributed by atoms with Crippen LogP contribution < -0.4 is 10.1 Å². The van der Waals surface area contributed by atoms with Gasteiger partial charge >= 0.3 is 0 Å². The molecular formula is C20H19ClFN3O2. The first-order valence-electron chi connectivity index (χ1n) is 8.93. The monoisotopic (exact) mass is 387 g/mol. The lowest BCUT2D eigenvalue weighted by molar-refractivity contribution is 0.243. The molecule has 0 saturated heterocycles. The molecule has 0 aliphatic heterocycles. The van der Waals surface area contributed by atoms with Crippen LogP contribution in [0.1, 0.15) is 25.7 Å². The highest BCUT2D eigenvalue weighted by Crippen LogP contribution is 2.35. The molecule has 1 aromatic heterocycles. The summed E-state index contributed by atoms with van der Waals surface area (Å²) in [6, 6.07) is 7.64. The molecule has 1 heterocycles. The molecule has 7 heteroatoms. The number of aromatic hydroxyl groups is 1. The van der Waals surface area contributed by atoms with Crippen molar-refractivity contribution in [2.24, 2.45) is 5.92 Å². The van der Waals surface area contributed by atoms with Gasteiger partial charge in [0.1, 0.15) is 18.0 Å². The number of ether oxygens (including phenoxy) is 1. The maximum absolute atomic E-state index is 13.4. The van der Waals surface area contributed by atoms with E-state index in [0.29, 0.717) is 40.7 Å². The molecule has 5 nitrogen and oxygen atoms in total. The third kappa shape index (κ3) is 3.90. The summed E-state index contributed by atoms with van der Waals surface area (Å²) < 4.78 is 19.2. The molecule has 0 radical (unpaired) electrons. The van der Waals surface area contributed by atoms with Gasteiger partial charge in [-0.05, 0) is 43.0 Å². The summed E-state index contributed by atoms with van der Waals surface area (Å²) >= 11 is 5.85.